The lowest BCUT2D eigenvalue weighted by Gasteiger charge is -2.08. The predicted molar refractivity (Wildman–Crippen MR) is 186 cm³/mol. The van der Waals surface area contributed by atoms with E-state index < -0.39 is 4.92 Å². The monoisotopic (exact) mass is 649 g/mol. The van der Waals surface area contributed by atoms with Gasteiger partial charge in [-0.05, 0) is 79.1 Å². The van der Waals surface area contributed by atoms with Crippen LogP contribution < -0.4 is 19.6 Å². The van der Waals surface area contributed by atoms with Gasteiger partial charge in [0.15, 0.2) is 5.43 Å². The SMILES string of the molecule is COc1ccc(-c2coc3cc(OCCCCCCCCCCOc4ccc(N=Nc5ccc([N+](=O)[O-])cc5)cc4)ccc3c2=O)cc1. The molecule has 0 spiro atoms. The molecule has 248 valence electrons. The maximum atomic E-state index is 13.0. The summed E-state index contributed by atoms with van der Waals surface area (Å²) in [7, 11) is 1.61. The predicted octanol–water partition coefficient (Wildman–Crippen LogP) is 10.4. The van der Waals surface area contributed by atoms with Crippen molar-refractivity contribution in [3.05, 3.63) is 118 Å². The van der Waals surface area contributed by atoms with E-state index in [2.05, 4.69) is 10.2 Å². The molecule has 10 nitrogen and oxygen atoms in total. The van der Waals surface area contributed by atoms with E-state index in [1.807, 2.05) is 54.6 Å². The van der Waals surface area contributed by atoms with E-state index in [1.165, 1.54) is 44.1 Å². The smallest absolute Gasteiger partial charge is 0.269 e. The van der Waals surface area contributed by atoms with Gasteiger partial charge in [-0.1, -0.05) is 50.7 Å². The van der Waals surface area contributed by atoms with Crippen molar-refractivity contribution < 1.29 is 23.6 Å². The van der Waals surface area contributed by atoms with Crippen molar-refractivity contribution in [1.82, 2.24) is 0 Å². The van der Waals surface area contributed by atoms with E-state index in [-0.39, 0.29) is 11.1 Å². The third kappa shape index (κ3) is 9.75. The van der Waals surface area contributed by atoms with Crippen molar-refractivity contribution in [3.63, 3.8) is 0 Å². The molecule has 0 radical (unpaired) electrons. The summed E-state index contributed by atoms with van der Waals surface area (Å²) in [5, 5.41) is 19.6. The Balaban J connectivity index is 0.903. The van der Waals surface area contributed by atoms with Crippen LogP contribution in [-0.4, -0.2) is 25.2 Å². The maximum Gasteiger partial charge on any atom is 0.269 e. The van der Waals surface area contributed by atoms with Crippen LogP contribution in [0, 0.1) is 10.1 Å². The molecule has 0 aliphatic rings. The molecule has 0 aliphatic carbocycles. The first-order valence-corrected chi connectivity index (χ1v) is 16.2. The second kappa shape index (κ2) is 17.4. The molecule has 0 aliphatic heterocycles. The van der Waals surface area contributed by atoms with Gasteiger partial charge >= 0.3 is 0 Å². The zero-order valence-electron chi connectivity index (χ0n) is 27.0. The van der Waals surface area contributed by atoms with E-state index >= 15 is 0 Å². The maximum absolute atomic E-state index is 13.0. The number of nitrogens with zero attached hydrogens (tertiary/aromatic N) is 3. The highest BCUT2D eigenvalue weighted by Crippen LogP contribution is 2.26. The van der Waals surface area contributed by atoms with Gasteiger partial charge in [0, 0.05) is 18.2 Å². The van der Waals surface area contributed by atoms with Crippen LogP contribution in [0.1, 0.15) is 51.4 Å². The minimum atomic E-state index is -0.445. The fourth-order valence-electron chi connectivity index (χ4n) is 5.18. The first-order chi connectivity index (χ1) is 23.5. The van der Waals surface area contributed by atoms with E-state index in [1.54, 1.807) is 31.4 Å². The van der Waals surface area contributed by atoms with E-state index in [4.69, 9.17) is 18.6 Å². The van der Waals surface area contributed by atoms with Crippen LogP contribution in [0.3, 0.4) is 0 Å². The van der Waals surface area contributed by atoms with Gasteiger partial charge in [-0.25, -0.2) is 0 Å². The average molecular weight is 650 g/mol. The molecule has 1 aromatic heterocycles. The Bertz CT molecular complexity index is 1850. The number of rotatable bonds is 18. The molecule has 5 rings (SSSR count). The molecule has 5 aromatic rings. The first-order valence-electron chi connectivity index (χ1n) is 16.2. The van der Waals surface area contributed by atoms with Gasteiger partial charge in [-0.15, -0.1) is 0 Å². The average Bonchev–Trinajstić information content (AvgIpc) is 3.12. The Labute approximate surface area is 279 Å². The number of unbranched alkanes of at least 4 members (excludes halogenated alkanes) is 7. The zero-order valence-corrected chi connectivity index (χ0v) is 27.0. The summed E-state index contributed by atoms with van der Waals surface area (Å²) >= 11 is 0. The molecule has 0 amide bonds. The molecule has 0 N–H and O–H groups in total. The number of fused-ring (bicyclic) bond motifs is 1. The number of methoxy groups -OCH3 is 1. The first kappa shape index (κ1) is 33.8. The van der Waals surface area contributed by atoms with Crippen LogP contribution in [0.4, 0.5) is 17.1 Å². The lowest BCUT2D eigenvalue weighted by Crippen LogP contribution is -2.05. The minimum Gasteiger partial charge on any atom is -0.497 e. The molecule has 0 atom stereocenters. The highest BCUT2D eigenvalue weighted by Gasteiger charge is 2.11. The Hall–Kier alpha value is -5.51. The molecule has 0 fully saturated rings. The quantitative estimate of drug-likeness (QED) is 0.0400. The van der Waals surface area contributed by atoms with Gasteiger partial charge in [-0.3, -0.25) is 14.9 Å². The molecular formula is C38H39N3O7. The van der Waals surface area contributed by atoms with Crippen LogP contribution in [0.15, 0.2) is 117 Å². The number of nitro benzene ring substituents is 1. The topological polar surface area (TPSA) is 126 Å². The molecule has 0 saturated heterocycles. The van der Waals surface area contributed by atoms with Crippen LogP contribution in [0.25, 0.3) is 22.1 Å². The molecule has 0 saturated carbocycles. The zero-order chi connectivity index (χ0) is 33.6. The highest BCUT2D eigenvalue weighted by molar-refractivity contribution is 5.82. The molecular weight excluding hydrogens is 610 g/mol. The summed E-state index contributed by atoms with van der Waals surface area (Å²) in [5.41, 5.74) is 2.98. The minimum absolute atomic E-state index is 0.0211. The summed E-state index contributed by atoms with van der Waals surface area (Å²) in [6, 6.07) is 26.0. The standard InChI is InChI=1S/C38H39N3O7/c1-45-32-18-10-28(11-19-32)36-27-48-37-26-34(22-23-35(37)38(36)42)47-25-9-7-5-3-2-4-6-8-24-46-33-20-14-30(15-21-33)40-39-29-12-16-31(17-13-29)41(43)44/h10-23,26-27H,2-9,24-25H2,1H3. The van der Waals surface area contributed by atoms with Gasteiger partial charge in [0.2, 0.25) is 0 Å². The van der Waals surface area contributed by atoms with E-state index in [9.17, 15) is 14.9 Å². The fourth-order valence-corrected chi connectivity index (χ4v) is 5.18. The molecule has 0 bridgehead atoms. The number of ether oxygens (including phenoxy) is 3. The van der Waals surface area contributed by atoms with Crippen LogP contribution in [0.2, 0.25) is 0 Å². The van der Waals surface area contributed by atoms with E-state index in [0.29, 0.717) is 46.9 Å². The molecule has 48 heavy (non-hydrogen) atoms. The number of benzene rings is 4. The third-order valence-corrected chi connectivity index (χ3v) is 7.90. The summed E-state index contributed by atoms with van der Waals surface area (Å²) in [5.74, 6) is 2.22. The van der Waals surface area contributed by atoms with Gasteiger partial charge < -0.3 is 18.6 Å². The number of nitro groups is 1. The lowest BCUT2D eigenvalue weighted by atomic mass is 10.1. The largest absolute Gasteiger partial charge is 0.497 e. The lowest BCUT2D eigenvalue weighted by molar-refractivity contribution is -0.384. The van der Waals surface area contributed by atoms with Crippen molar-refractivity contribution in [2.75, 3.05) is 20.3 Å². The number of non-ortho nitro benzene ring substituents is 1. The fraction of sp³-hybridized carbons (Fsp3) is 0.289. The Morgan fingerprint density at radius 3 is 1.77 bits per heavy atom. The van der Waals surface area contributed by atoms with Crippen LogP contribution >= 0.6 is 0 Å². The number of azo groups is 1. The normalized spacial score (nSPS) is 11.2. The van der Waals surface area contributed by atoms with Crippen LogP contribution in [-0.2, 0) is 0 Å². The van der Waals surface area contributed by atoms with Gasteiger partial charge in [-0.2, -0.15) is 10.2 Å². The van der Waals surface area contributed by atoms with Gasteiger partial charge in [0.1, 0.15) is 29.1 Å². The van der Waals surface area contributed by atoms with Gasteiger partial charge in [0.25, 0.3) is 5.69 Å². The second-order valence-electron chi connectivity index (χ2n) is 11.4. The van der Waals surface area contributed by atoms with Crippen LogP contribution in [0.5, 0.6) is 17.2 Å². The van der Waals surface area contributed by atoms with Crippen molar-refractivity contribution in [3.8, 4) is 28.4 Å². The molecule has 0 unspecified atom stereocenters. The summed E-state index contributed by atoms with van der Waals surface area (Å²) in [4.78, 5) is 23.3. The van der Waals surface area contributed by atoms with Crippen molar-refractivity contribution >= 4 is 28.0 Å². The molecule has 4 aromatic carbocycles. The number of hydrogen-bond acceptors (Lipinski definition) is 9. The Morgan fingerprint density at radius 2 is 1.19 bits per heavy atom. The Morgan fingerprint density at radius 1 is 0.667 bits per heavy atom. The second-order valence-corrected chi connectivity index (χ2v) is 11.4. The summed E-state index contributed by atoms with van der Waals surface area (Å²) in [6.45, 7) is 1.30. The van der Waals surface area contributed by atoms with Gasteiger partial charge in [0.05, 0.1) is 47.6 Å². The van der Waals surface area contributed by atoms with Crippen molar-refractivity contribution in [2.45, 2.75) is 51.4 Å². The van der Waals surface area contributed by atoms with E-state index in [0.717, 1.165) is 42.7 Å². The summed E-state index contributed by atoms with van der Waals surface area (Å²) in [6.07, 6.45) is 10.5. The highest BCUT2D eigenvalue weighted by atomic mass is 16.6. The van der Waals surface area contributed by atoms with Crippen molar-refractivity contribution in [2.24, 2.45) is 10.2 Å². The Kier molecular flexibility index (Phi) is 12.3. The van der Waals surface area contributed by atoms with Crippen molar-refractivity contribution in [1.29, 1.82) is 0 Å². The number of hydrogen-bond donors (Lipinski definition) is 0. The molecule has 10 heteroatoms. The molecule has 1 heterocycles. The summed E-state index contributed by atoms with van der Waals surface area (Å²) < 4.78 is 22.8. The third-order valence-electron chi connectivity index (χ3n) is 7.90.